The molecule has 0 atom stereocenters. The number of nitrogens with zero attached hydrogens (tertiary/aromatic N) is 5. The molecule has 6 rings (SSSR count). The topological polar surface area (TPSA) is 71.3 Å². The van der Waals surface area contributed by atoms with E-state index >= 15 is 0 Å². The van der Waals surface area contributed by atoms with Gasteiger partial charge >= 0.3 is 0 Å². The highest BCUT2D eigenvalue weighted by molar-refractivity contribution is 6.03. The number of hydrogen-bond donors (Lipinski definition) is 0. The lowest BCUT2D eigenvalue weighted by atomic mass is 9.84. The average Bonchev–Trinajstić information content (AvgIpc) is 3.24. The van der Waals surface area contributed by atoms with Crippen LogP contribution in [-0.2, 0) is 6.54 Å². The maximum Gasteiger partial charge on any atom is 0.270 e. The minimum atomic E-state index is 0.0171. The van der Waals surface area contributed by atoms with Gasteiger partial charge in [0, 0.05) is 73.9 Å². The number of rotatable bonds is 3. The van der Waals surface area contributed by atoms with Crippen molar-refractivity contribution in [2.75, 3.05) is 26.7 Å². The van der Waals surface area contributed by atoms with Crippen LogP contribution in [-0.4, -0.2) is 62.8 Å². The van der Waals surface area contributed by atoms with Crippen molar-refractivity contribution in [2.24, 2.45) is 5.41 Å². The van der Waals surface area contributed by atoms with Crippen LogP contribution in [0, 0.1) is 5.41 Å². The van der Waals surface area contributed by atoms with Crippen molar-refractivity contribution in [3.63, 3.8) is 0 Å². The number of benzene rings is 1. The molecule has 0 saturated carbocycles. The van der Waals surface area contributed by atoms with E-state index in [1.807, 2.05) is 65.3 Å². The Morgan fingerprint density at radius 2 is 1.69 bits per heavy atom. The first-order valence-electron chi connectivity index (χ1n) is 11.9. The van der Waals surface area contributed by atoms with Crippen molar-refractivity contribution < 1.29 is 9.59 Å². The van der Waals surface area contributed by atoms with Gasteiger partial charge < -0.3 is 14.4 Å². The fourth-order valence-corrected chi connectivity index (χ4v) is 5.21. The third-order valence-corrected chi connectivity index (χ3v) is 7.06. The van der Waals surface area contributed by atoms with Crippen LogP contribution >= 0.6 is 0 Å². The maximum atomic E-state index is 12.7. The molecule has 1 fully saturated rings. The van der Waals surface area contributed by atoms with Gasteiger partial charge in [0.2, 0.25) is 0 Å². The van der Waals surface area contributed by atoms with Gasteiger partial charge in [-0.2, -0.15) is 0 Å². The highest BCUT2D eigenvalue weighted by Gasteiger charge is 2.37. The minimum Gasteiger partial charge on any atom is -0.339 e. The SMILES string of the molecule is CN1CCn2c(cc3c(-c4cncc(-c5ccc(C(=O)N6CC(C)(C)C6)cc5)c4)ccnc32)C1=O. The monoisotopic (exact) mass is 465 g/mol. The molecule has 0 spiro atoms. The van der Waals surface area contributed by atoms with E-state index in [2.05, 4.69) is 29.9 Å². The first-order chi connectivity index (χ1) is 16.8. The standard InChI is InChI=1S/C28H27N5O2/c1-28(2)16-32(17-28)26(34)19-6-4-18(5-7-19)20-12-21(15-29-14-20)22-8-9-30-25-23(22)13-24-27(35)31(3)10-11-33(24)25/h4-9,12-15H,10-11,16-17H2,1-3H3. The Labute approximate surface area is 204 Å². The van der Waals surface area contributed by atoms with E-state index in [0.717, 1.165) is 52.9 Å². The number of carbonyl (C=O) groups excluding carboxylic acids is 2. The van der Waals surface area contributed by atoms with Gasteiger partial charge in [0.1, 0.15) is 11.3 Å². The van der Waals surface area contributed by atoms with E-state index in [-0.39, 0.29) is 17.2 Å². The molecule has 0 bridgehead atoms. The van der Waals surface area contributed by atoms with E-state index in [0.29, 0.717) is 17.8 Å². The Morgan fingerprint density at radius 3 is 2.43 bits per heavy atom. The Balaban J connectivity index is 1.32. The molecule has 0 aliphatic carbocycles. The van der Waals surface area contributed by atoms with Crippen molar-refractivity contribution in [3.05, 3.63) is 72.3 Å². The highest BCUT2D eigenvalue weighted by Crippen LogP contribution is 2.34. The van der Waals surface area contributed by atoms with Crippen LogP contribution in [0.3, 0.4) is 0 Å². The summed E-state index contributed by atoms with van der Waals surface area (Å²) in [5.41, 5.74) is 6.33. The lowest BCUT2D eigenvalue weighted by Gasteiger charge is -2.45. The summed E-state index contributed by atoms with van der Waals surface area (Å²) in [6.07, 6.45) is 5.46. The van der Waals surface area contributed by atoms with Crippen molar-refractivity contribution in [1.29, 1.82) is 0 Å². The molecule has 7 nitrogen and oxygen atoms in total. The van der Waals surface area contributed by atoms with E-state index in [4.69, 9.17) is 0 Å². The molecule has 0 unspecified atom stereocenters. The van der Waals surface area contributed by atoms with Crippen LogP contribution in [0.4, 0.5) is 0 Å². The molecular weight excluding hydrogens is 438 g/mol. The molecule has 0 N–H and O–H groups in total. The molecule has 2 aliphatic rings. The Morgan fingerprint density at radius 1 is 0.943 bits per heavy atom. The number of likely N-dealkylation sites (tertiary alicyclic amines) is 1. The largest absolute Gasteiger partial charge is 0.339 e. The lowest BCUT2D eigenvalue weighted by molar-refractivity contribution is 0.0236. The number of pyridine rings is 2. The molecule has 1 aromatic carbocycles. The molecule has 3 aromatic heterocycles. The van der Waals surface area contributed by atoms with Crippen LogP contribution < -0.4 is 0 Å². The molecule has 1 saturated heterocycles. The Bertz CT molecular complexity index is 1480. The summed E-state index contributed by atoms with van der Waals surface area (Å²) in [7, 11) is 1.83. The lowest BCUT2D eigenvalue weighted by Crippen LogP contribution is -2.55. The highest BCUT2D eigenvalue weighted by atomic mass is 16.2. The molecule has 0 radical (unpaired) electrons. The van der Waals surface area contributed by atoms with E-state index in [1.54, 1.807) is 11.1 Å². The fourth-order valence-electron chi connectivity index (χ4n) is 5.21. The Hall–Kier alpha value is -4.00. The first-order valence-corrected chi connectivity index (χ1v) is 11.9. The van der Waals surface area contributed by atoms with Gasteiger partial charge in [0.15, 0.2) is 0 Å². The zero-order valence-corrected chi connectivity index (χ0v) is 20.2. The average molecular weight is 466 g/mol. The van der Waals surface area contributed by atoms with Gasteiger partial charge in [-0.05, 0) is 46.9 Å². The van der Waals surface area contributed by atoms with Gasteiger partial charge in [0.05, 0.1) is 0 Å². The van der Waals surface area contributed by atoms with Crippen molar-refractivity contribution >= 4 is 22.8 Å². The molecule has 4 aromatic rings. The quantitative estimate of drug-likeness (QED) is 0.452. The van der Waals surface area contributed by atoms with Crippen LogP contribution in [0.1, 0.15) is 34.7 Å². The van der Waals surface area contributed by atoms with E-state index in [9.17, 15) is 9.59 Å². The minimum absolute atomic E-state index is 0.0171. The molecule has 35 heavy (non-hydrogen) atoms. The molecule has 5 heterocycles. The second-order valence-electron chi connectivity index (χ2n) is 10.4. The third kappa shape index (κ3) is 3.58. The fraction of sp³-hybridized carbons (Fsp3) is 0.286. The van der Waals surface area contributed by atoms with E-state index < -0.39 is 0 Å². The van der Waals surface area contributed by atoms with Gasteiger partial charge in [0.25, 0.3) is 11.8 Å². The number of carbonyl (C=O) groups is 2. The van der Waals surface area contributed by atoms with E-state index in [1.165, 1.54) is 0 Å². The summed E-state index contributed by atoms with van der Waals surface area (Å²) in [6, 6.07) is 13.8. The van der Waals surface area contributed by atoms with Crippen LogP contribution in [0.15, 0.2) is 61.1 Å². The van der Waals surface area contributed by atoms with Crippen molar-refractivity contribution in [1.82, 2.24) is 24.3 Å². The molecule has 2 amide bonds. The number of hydrogen-bond acceptors (Lipinski definition) is 4. The zero-order chi connectivity index (χ0) is 24.3. The second-order valence-corrected chi connectivity index (χ2v) is 10.4. The molecule has 176 valence electrons. The zero-order valence-electron chi connectivity index (χ0n) is 20.2. The normalized spacial score (nSPS) is 16.8. The predicted molar refractivity (Wildman–Crippen MR) is 135 cm³/mol. The number of likely N-dealkylation sites (N-methyl/N-ethyl adjacent to an activating group) is 1. The predicted octanol–water partition coefficient (Wildman–Crippen LogP) is 4.33. The number of amides is 2. The van der Waals surface area contributed by atoms with Crippen molar-refractivity contribution in [2.45, 2.75) is 20.4 Å². The van der Waals surface area contributed by atoms with Gasteiger partial charge in [-0.1, -0.05) is 26.0 Å². The molecule has 2 aliphatic heterocycles. The summed E-state index contributed by atoms with van der Waals surface area (Å²) < 4.78 is 2.01. The number of fused-ring (bicyclic) bond motifs is 3. The van der Waals surface area contributed by atoms with Crippen LogP contribution in [0.5, 0.6) is 0 Å². The maximum absolute atomic E-state index is 12.7. The Kier molecular flexibility index (Phi) is 4.78. The van der Waals surface area contributed by atoms with Crippen LogP contribution in [0.2, 0.25) is 0 Å². The molecular formula is C28H27N5O2. The van der Waals surface area contributed by atoms with Gasteiger partial charge in [-0.3, -0.25) is 14.6 Å². The summed E-state index contributed by atoms with van der Waals surface area (Å²) in [6.45, 7) is 7.35. The second kappa shape index (κ2) is 7.77. The summed E-state index contributed by atoms with van der Waals surface area (Å²) in [5.74, 6) is 0.100. The number of aromatic nitrogens is 3. The summed E-state index contributed by atoms with van der Waals surface area (Å²) in [4.78, 5) is 38.1. The van der Waals surface area contributed by atoms with Gasteiger partial charge in [-0.25, -0.2) is 4.98 Å². The summed E-state index contributed by atoms with van der Waals surface area (Å²) >= 11 is 0. The van der Waals surface area contributed by atoms with Gasteiger partial charge in [-0.15, -0.1) is 0 Å². The smallest absolute Gasteiger partial charge is 0.270 e. The van der Waals surface area contributed by atoms with Crippen molar-refractivity contribution in [3.8, 4) is 22.3 Å². The first kappa shape index (κ1) is 21.5. The molecule has 7 heteroatoms. The third-order valence-electron chi connectivity index (χ3n) is 7.06. The summed E-state index contributed by atoms with van der Waals surface area (Å²) in [5, 5.41) is 0.948. The van der Waals surface area contributed by atoms with Crippen LogP contribution in [0.25, 0.3) is 33.3 Å².